The van der Waals surface area contributed by atoms with Crippen LogP contribution in [0.4, 0.5) is 0 Å². The molecule has 2 rings (SSSR count). The SMILES string of the molecule is CC(=O)O/N=C1\CC2C(C=C1C)C2(C)C. The second kappa shape index (κ2) is 3.19. The smallest absolute Gasteiger partial charge is 0.318 e. The van der Waals surface area contributed by atoms with E-state index in [1.165, 1.54) is 6.92 Å². The van der Waals surface area contributed by atoms with Crippen molar-refractivity contribution >= 4 is 11.7 Å². The summed E-state index contributed by atoms with van der Waals surface area (Å²) in [7, 11) is 0. The van der Waals surface area contributed by atoms with E-state index in [1.807, 2.05) is 6.92 Å². The first-order valence-corrected chi connectivity index (χ1v) is 5.36. The summed E-state index contributed by atoms with van der Waals surface area (Å²) in [6.07, 6.45) is 3.20. The third kappa shape index (κ3) is 1.71. The highest BCUT2D eigenvalue weighted by molar-refractivity contribution is 6.01. The molecule has 0 bridgehead atoms. The van der Waals surface area contributed by atoms with Gasteiger partial charge < -0.3 is 4.84 Å². The van der Waals surface area contributed by atoms with E-state index in [4.69, 9.17) is 4.84 Å². The normalized spacial score (nSPS) is 34.4. The zero-order chi connectivity index (χ0) is 11.2. The van der Waals surface area contributed by atoms with Crippen molar-refractivity contribution in [3.8, 4) is 0 Å². The van der Waals surface area contributed by atoms with E-state index in [0.717, 1.165) is 17.7 Å². The van der Waals surface area contributed by atoms with Gasteiger partial charge in [-0.05, 0) is 36.2 Å². The first kappa shape index (κ1) is 10.4. The molecule has 0 amide bonds. The zero-order valence-corrected chi connectivity index (χ0v) is 9.70. The molecule has 1 saturated carbocycles. The van der Waals surface area contributed by atoms with Gasteiger partial charge in [0.15, 0.2) is 0 Å². The molecule has 0 aliphatic heterocycles. The second-order valence-electron chi connectivity index (χ2n) is 5.13. The second-order valence-corrected chi connectivity index (χ2v) is 5.13. The zero-order valence-electron chi connectivity index (χ0n) is 9.70. The van der Waals surface area contributed by atoms with Gasteiger partial charge in [-0.2, -0.15) is 0 Å². The predicted octanol–water partition coefficient (Wildman–Crippen LogP) is 2.53. The third-order valence-electron chi connectivity index (χ3n) is 3.72. The van der Waals surface area contributed by atoms with E-state index in [9.17, 15) is 4.79 Å². The Morgan fingerprint density at radius 3 is 2.87 bits per heavy atom. The van der Waals surface area contributed by atoms with Gasteiger partial charge in [0.05, 0.1) is 5.71 Å². The average Bonchev–Trinajstić information content (AvgIpc) is 2.64. The largest absolute Gasteiger partial charge is 0.331 e. The average molecular weight is 207 g/mol. The lowest BCUT2D eigenvalue weighted by Gasteiger charge is -2.09. The summed E-state index contributed by atoms with van der Waals surface area (Å²) in [6.45, 7) is 7.96. The lowest BCUT2D eigenvalue weighted by Crippen LogP contribution is -2.09. The number of hydrogen-bond acceptors (Lipinski definition) is 3. The van der Waals surface area contributed by atoms with Crippen LogP contribution in [0.5, 0.6) is 0 Å². The van der Waals surface area contributed by atoms with Crippen molar-refractivity contribution < 1.29 is 9.63 Å². The van der Waals surface area contributed by atoms with Crippen molar-refractivity contribution in [3.63, 3.8) is 0 Å². The van der Waals surface area contributed by atoms with E-state index >= 15 is 0 Å². The molecule has 3 nitrogen and oxygen atoms in total. The minimum atomic E-state index is -0.354. The highest BCUT2D eigenvalue weighted by Crippen LogP contribution is 2.63. The fourth-order valence-electron chi connectivity index (χ4n) is 2.47. The van der Waals surface area contributed by atoms with Crippen molar-refractivity contribution in [3.05, 3.63) is 11.6 Å². The van der Waals surface area contributed by atoms with Crippen LogP contribution in [0.2, 0.25) is 0 Å². The van der Waals surface area contributed by atoms with Crippen molar-refractivity contribution in [1.29, 1.82) is 0 Å². The standard InChI is InChI=1S/C12H17NO2/c1-7-5-9-10(12(9,3)4)6-11(7)13-15-8(2)14/h5,9-10H,6H2,1-4H3/b13-11+. The maximum absolute atomic E-state index is 10.7. The maximum atomic E-state index is 10.7. The van der Waals surface area contributed by atoms with Gasteiger partial charge >= 0.3 is 5.97 Å². The van der Waals surface area contributed by atoms with E-state index < -0.39 is 0 Å². The van der Waals surface area contributed by atoms with Crippen LogP contribution in [0, 0.1) is 17.3 Å². The Morgan fingerprint density at radius 1 is 1.60 bits per heavy atom. The number of carbonyl (C=O) groups excluding carboxylic acids is 1. The van der Waals surface area contributed by atoms with Crippen LogP contribution in [0.25, 0.3) is 0 Å². The first-order valence-electron chi connectivity index (χ1n) is 5.36. The van der Waals surface area contributed by atoms with E-state index in [2.05, 4.69) is 25.1 Å². The van der Waals surface area contributed by atoms with Gasteiger partial charge in [-0.25, -0.2) is 4.79 Å². The molecule has 2 unspecified atom stereocenters. The molecule has 3 heteroatoms. The van der Waals surface area contributed by atoms with Crippen molar-refractivity contribution in [2.24, 2.45) is 22.4 Å². The van der Waals surface area contributed by atoms with Gasteiger partial charge in [-0.3, -0.25) is 0 Å². The molecule has 2 aliphatic carbocycles. The van der Waals surface area contributed by atoms with Crippen molar-refractivity contribution in [2.45, 2.75) is 34.1 Å². The van der Waals surface area contributed by atoms with Gasteiger partial charge in [0, 0.05) is 6.92 Å². The molecule has 15 heavy (non-hydrogen) atoms. The molecule has 0 saturated heterocycles. The van der Waals surface area contributed by atoms with Crippen LogP contribution in [-0.2, 0) is 9.63 Å². The highest BCUT2D eigenvalue weighted by atomic mass is 16.7. The maximum Gasteiger partial charge on any atom is 0.331 e. The Hall–Kier alpha value is -1.12. The van der Waals surface area contributed by atoms with Crippen molar-refractivity contribution in [2.75, 3.05) is 0 Å². The van der Waals surface area contributed by atoms with Crippen LogP contribution < -0.4 is 0 Å². The number of fused-ring (bicyclic) bond motifs is 1. The summed E-state index contributed by atoms with van der Waals surface area (Å²) < 4.78 is 0. The molecule has 2 aliphatic rings. The Balaban J connectivity index is 2.13. The van der Waals surface area contributed by atoms with E-state index in [-0.39, 0.29) is 5.97 Å². The molecule has 0 spiro atoms. The lowest BCUT2D eigenvalue weighted by molar-refractivity contribution is -0.140. The molecule has 1 fully saturated rings. The Morgan fingerprint density at radius 2 is 2.27 bits per heavy atom. The molecular weight excluding hydrogens is 190 g/mol. The number of rotatable bonds is 1. The minimum absolute atomic E-state index is 0.354. The fraction of sp³-hybridized carbons (Fsp3) is 0.667. The molecule has 0 N–H and O–H groups in total. The Labute approximate surface area is 90.2 Å². The molecule has 0 aromatic carbocycles. The number of nitrogens with zero attached hydrogens (tertiary/aromatic N) is 1. The fourth-order valence-corrected chi connectivity index (χ4v) is 2.47. The molecule has 2 atom stereocenters. The quantitative estimate of drug-likeness (QED) is 0.489. The monoisotopic (exact) mass is 207 g/mol. The topological polar surface area (TPSA) is 38.7 Å². The summed E-state index contributed by atoms with van der Waals surface area (Å²) in [5.74, 6) is 1.01. The van der Waals surface area contributed by atoms with E-state index in [1.54, 1.807) is 0 Å². The van der Waals surface area contributed by atoms with Gasteiger partial charge in [0.1, 0.15) is 0 Å². The molecule has 0 aromatic rings. The summed E-state index contributed by atoms with van der Waals surface area (Å²) in [4.78, 5) is 15.4. The van der Waals surface area contributed by atoms with Crippen LogP contribution in [-0.4, -0.2) is 11.7 Å². The van der Waals surface area contributed by atoms with Gasteiger partial charge in [0.2, 0.25) is 0 Å². The van der Waals surface area contributed by atoms with Crippen LogP contribution in [0.3, 0.4) is 0 Å². The van der Waals surface area contributed by atoms with Gasteiger partial charge in [0.25, 0.3) is 0 Å². The number of hydrogen-bond donors (Lipinski definition) is 0. The van der Waals surface area contributed by atoms with Gasteiger partial charge in [-0.15, -0.1) is 0 Å². The molecule has 82 valence electrons. The molecule has 0 heterocycles. The number of allylic oxidation sites excluding steroid dienone is 2. The van der Waals surface area contributed by atoms with Crippen LogP contribution in [0.1, 0.15) is 34.1 Å². The molecule has 0 aromatic heterocycles. The van der Waals surface area contributed by atoms with Crippen LogP contribution in [0.15, 0.2) is 16.8 Å². The van der Waals surface area contributed by atoms with Crippen LogP contribution >= 0.6 is 0 Å². The summed E-state index contributed by atoms with van der Waals surface area (Å²) in [5, 5.41) is 3.91. The number of carbonyl (C=O) groups is 1. The Bertz CT molecular complexity index is 366. The highest BCUT2D eigenvalue weighted by Gasteiger charge is 2.58. The third-order valence-corrected chi connectivity index (χ3v) is 3.72. The Kier molecular flexibility index (Phi) is 2.21. The lowest BCUT2D eigenvalue weighted by atomic mass is 9.99. The summed E-state index contributed by atoms with van der Waals surface area (Å²) in [6, 6.07) is 0. The molecule has 0 radical (unpaired) electrons. The predicted molar refractivity (Wildman–Crippen MR) is 58.3 cm³/mol. The molecular formula is C12H17NO2. The van der Waals surface area contributed by atoms with Gasteiger partial charge in [-0.1, -0.05) is 25.1 Å². The summed E-state index contributed by atoms with van der Waals surface area (Å²) in [5.41, 5.74) is 2.48. The first-order chi connectivity index (χ1) is 6.93. The number of oxime groups is 1. The summed E-state index contributed by atoms with van der Waals surface area (Å²) >= 11 is 0. The van der Waals surface area contributed by atoms with E-state index in [0.29, 0.717) is 17.3 Å². The van der Waals surface area contributed by atoms with Crippen molar-refractivity contribution in [1.82, 2.24) is 0 Å². The minimum Gasteiger partial charge on any atom is -0.318 e.